The van der Waals surface area contributed by atoms with Gasteiger partial charge in [-0.25, -0.2) is 0 Å². The fraction of sp³-hybridized carbons (Fsp3) is 0.471. The molecule has 2 unspecified atom stereocenters. The van der Waals surface area contributed by atoms with Crippen LogP contribution in [0.1, 0.15) is 55.8 Å². The van der Waals surface area contributed by atoms with E-state index in [1.54, 1.807) is 0 Å². The van der Waals surface area contributed by atoms with Gasteiger partial charge in [0.15, 0.2) is 5.82 Å². The molecule has 2 aromatic rings. The Labute approximate surface area is 130 Å². The van der Waals surface area contributed by atoms with Gasteiger partial charge in [0.05, 0.1) is 0 Å². The lowest BCUT2D eigenvalue weighted by molar-refractivity contribution is -0.128. The molecule has 22 heavy (non-hydrogen) atoms. The largest absolute Gasteiger partial charge is 0.339 e. The summed E-state index contributed by atoms with van der Waals surface area (Å²) in [7, 11) is 0. The number of hydrogen-bond acceptors (Lipinski definition) is 4. The van der Waals surface area contributed by atoms with Gasteiger partial charge in [-0.05, 0) is 12.0 Å². The van der Waals surface area contributed by atoms with Crippen LogP contribution in [-0.4, -0.2) is 27.5 Å². The second-order valence-electron chi connectivity index (χ2n) is 5.96. The monoisotopic (exact) mass is 299 g/mol. The molecule has 1 amide bonds. The summed E-state index contributed by atoms with van der Waals surface area (Å²) in [4.78, 5) is 18.6. The highest BCUT2D eigenvalue weighted by molar-refractivity contribution is 5.79. The minimum Gasteiger partial charge on any atom is -0.339 e. The maximum absolute atomic E-state index is 12.2. The summed E-state index contributed by atoms with van der Waals surface area (Å²) >= 11 is 0. The van der Waals surface area contributed by atoms with E-state index >= 15 is 0 Å². The Morgan fingerprint density at radius 1 is 1.36 bits per heavy atom. The molecule has 2 heterocycles. The van der Waals surface area contributed by atoms with Crippen LogP contribution in [0, 0.1) is 0 Å². The van der Waals surface area contributed by atoms with Crippen molar-refractivity contribution in [2.45, 2.75) is 45.1 Å². The average molecular weight is 299 g/mol. The van der Waals surface area contributed by atoms with E-state index in [0.717, 1.165) is 12.0 Å². The fourth-order valence-electron chi connectivity index (χ4n) is 2.69. The van der Waals surface area contributed by atoms with Gasteiger partial charge in [-0.15, -0.1) is 0 Å². The summed E-state index contributed by atoms with van der Waals surface area (Å²) in [6, 6.07) is 10.0. The Morgan fingerprint density at radius 3 is 2.86 bits per heavy atom. The molecule has 0 aliphatic carbocycles. The third-order valence-corrected chi connectivity index (χ3v) is 4.29. The molecule has 1 saturated heterocycles. The van der Waals surface area contributed by atoms with Crippen molar-refractivity contribution in [3.63, 3.8) is 0 Å². The lowest BCUT2D eigenvalue weighted by atomic mass is 10.1. The summed E-state index contributed by atoms with van der Waals surface area (Å²) in [6.07, 6.45) is 1.43. The summed E-state index contributed by atoms with van der Waals surface area (Å²) in [5.41, 5.74) is 1.14. The van der Waals surface area contributed by atoms with Crippen LogP contribution in [0.5, 0.6) is 0 Å². The van der Waals surface area contributed by atoms with Gasteiger partial charge in [0.2, 0.25) is 11.8 Å². The number of rotatable bonds is 5. The van der Waals surface area contributed by atoms with Crippen molar-refractivity contribution in [3.05, 3.63) is 47.6 Å². The zero-order valence-corrected chi connectivity index (χ0v) is 13.0. The molecule has 3 rings (SSSR count). The van der Waals surface area contributed by atoms with Crippen molar-refractivity contribution in [1.29, 1.82) is 0 Å². The highest BCUT2D eigenvalue weighted by Crippen LogP contribution is 2.28. The minimum absolute atomic E-state index is 0.0396. The molecule has 2 atom stereocenters. The first-order chi connectivity index (χ1) is 10.7. The van der Waals surface area contributed by atoms with Crippen molar-refractivity contribution >= 4 is 5.91 Å². The number of hydrogen-bond donors (Lipinski definition) is 0. The molecule has 1 aromatic heterocycles. The first kappa shape index (κ1) is 14.8. The van der Waals surface area contributed by atoms with Crippen LogP contribution in [0.4, 0.5) is 0 Å². The maximum Gasteiger partial charge on any atom is 0.229 e. The maximum atomic E-state index is 12.2. The van der Waals surface area contributed by atoms with E-state index < -0.39 is 0 Å². The lowest BCUT2D eigenvalue weighted by Crippen LogP contribution is -2.24. The molecule has 1 aliphatic heterocycles. The summed E-state index contributed by atoms with van der Waals surface area (Å²) in [5.74, 6) is 1.80. The standard InChI is InChI=1S/C17H21N3O2/c1-3-12(2)17-18-16(19-22-17)14-9-15(21)20(11-14)10-13-7-5-4-6-8-13/h4-8,12,14H,3,9-11H2,1-2H3. The smallest absolute Gasteiger partial charge is 0.229 e. The molecule has 1 aliphatic rings. The second-order valence-corrected chi connectivity index (χ2v) is 5.96. The zero-order valence-electron chi connectivity index (χ0n) is 13.0. The van der Waals surface area contributed by atoms with E-state index in [-0.39, 0.29) is 17.7 Å². The van der Waals surface area contributed by atoms with Gasteiger partial charge in [0.1, 0.15) is 0 Å². The molecule has 0 spiro atoms. The molecular weight excluding hydrogens is 278 g/mol. The summed E-state index contributed by atoms with van der Waals surface area (Å²) < 4.78 is 5.33. The quantitative estimate of drug-likeness (QED) is 0.851. The van der Waals surface area contributed by atoms with E-state index in [1.165, 1.54) is 0 Å². The zero-order chi connectivity index (χ0) is 15.5. The Bertz CT molecular complexity index is 638. The van der Waals surface area contributed by atoms with E-state index in [0.29, 0.717) is 31.2 Å². The first-order valence-electron chi connectivity index (χ1n) is 7.82. The predicted octanol–water partition coefficient (Wildman–Crippen LogP) is 3.10. The number of nitrogens with zero attached hydrogens (tertiary/aromatic N) is 3. The Hall–Kier alpha value is -2.17. The number of aromatic nitrogens is 2. The van der Waals surface area contributed by atoms with E-state index in [4.69, 9.17) is 4.52 Å². The Morgan fingerprint density at radius 2 is 2.14 bits per heavy atom. The van der Waals surface area contributed by atoms with Crippen molar-refractivity contribution in [2.24, 2.45) is 0 Å². The third kappa shape index (κ3) is 3.03. The van der Waals surface area contributed by atoms with Gasteiger partial charge in [-0.1, -0.05) is 49.3 Å². The Kier molecular flexibility index (Phi) is 4.22. The van der Waals surface area contributed by atoms with Gasteiger partial charge in [-0.3, -0.25) is 4.79 Å². The van der Waals surface area contributed by atoms with Crippen LogP contribution in [-0.2, 0) is 11.3 Å². The van der Waals surface area contributed by atoms with Crippen LogP contribution >= 0.6 is 0 Å². The molecule has 0 bridgehead atoms. The highest BCUT2D eigenvalue weighted by Gasteiger charge is 2.33. The van der Waals surface area contributed by atoms with Gasteiger partial charge >= 0.3 is 0 Å². The fourth-order valence-corrected chi connectivity index (χ4v) is 2.69. The van der Waals surface area contributed by atoms with Crippen LogP contribution in [0.2, 0.25) is 0 Å². The first-order valence-corrected chi connectivity index (χ1v) is 7.82. The molecular formula is C17H21N3O2. The van der Waals surface area contributed by atoms with Crippen molar-refractivity contribution in [3.8, 4) is 0 Å². The molecule has 0 saturated carbocycles. The van der Waals surface area contributed by atoms with Crippen LogP contribution in [0.15, 0.2) is 34.9 Å². The second kappa shape index (κ2) is 6.30. The van der Waals surface area contributed by atoms with E-state index in [1.807, 2.05) is 35.2 Å². The van der Waals surface area contributed by atoms with E-state index in [9.17, 15) is 4.79 Å². The van der Waals surface area contributed by atoms with Crippen molar-refractivity contribution in [1.82, 2.24) is 15.0 Å². The normalized spacial score (nSPS) is 19.6. The SMILES string of the molecule is CCC(C)c1nc(C2CC(=O)N(Cc3ccccc3)C2)no1. The molecule has 0 N–H and O–H groups in total. The van der Waals surface area contributed by atoms with Crippen molar-refractivity contribution in [2.75, 3.05) is 6.54 Å². The number of likely N-dealkylation sites (tertiary alicyclic amines) is 1. The topological polar surface area (TPSA) is 59.2 Å². The van der Waals surface area contributed by atoms with Gasteiger partial charge < -0.3 is 9.42 Å². The molecule has 5 heteroatoms. The third-order valence-electron chi connectivity index (χ3n) is 4.29. The van der Waals surface area contributed by atoms with Crippen LogP contribution in [0.25, 0.3) is 0 Å². The Balaban J connectivity index is 1.68. The molecule has 0 radical (unpaired) electrons. The lowest BCUT2D eigenvalue weighted by Gasteiger charge is -2.15. The van der Waals surface area contributed by atoms with E-state index in [2.05, 4.69) is 24.0 Å². The van der Waals surface area contributed by atoms with Gasteiger partial charge in [0, 0.05) is 31.3 Å². The molecule has 1 fully saturated rings. The number of carbonyl (C=O) groups excluding carboxylic acids is 1. The van der Waals surface area contributed by atoms with Crippen LogP contribution in [0.3, 0.4) is 0 Å². The number of benzene rings is 1. The van der Waals surface area contributed by atoms with Gasteiger partial charge in [0.25, 0.3) is 0 Å². The van der Waals surface area contributed by atoms with Crippen molar-refractivity contribution < 1.29 is 9.32 Å². The highest BCUT2D eigenvalue weighted by atomic mass is 16.5. The molecule has 1 aromatic carbocycles. The average Bonchev–Trinajstić information content (AvgIpc) is 3.15. The molecule has 5 nitrogen and oxygen atoms in total. The van der Waals surface area contributed by atoms with Gasteiger partial charge in [-0.2, -0.15) is 4.98 Å². The molecule has 116 valence electrons. The number of carbonyl (C=O) groups is 1. The minimum atomic E-state index is 0.0396. The predicted molar refractivity (Wildman–Crippen MR) is 82.2 cm³/mol. The van der Waals surface area contributed by atoms with Crippen LogP contribution < -0.4 is 0 Å². The summed E-state index contributed by atoms with van der Waals surface area (Å²) in [6.45, 7) is 5.47. The summed E-state index contributed by atoms with van der Waals surface area (Å²) in [5, 5.41) is 4.08. The number of amides is 1.